The van der Waals surface area contributed by atoms with Gasteiger partial charge < -0.3 is 5.11 Å². The van der Waals surface area contributed by atoms with Gasteiger partial charge in [-0.3, -0.25) is 4.68 Å². The molecule has 0 aliphatic heterocycles. The van der Waals surface area contributed by atoms with E-state index in [4.69, 9.17) is 5.11 Å². The Morgan fingerprint density at radius 2 is 2.15 bits per heavy atom. The molecule has 3 nitrogen and oxygen atoms in total. The Morgan fingerprint density at radius 3 is 2.46 bits per heavy atom. The Kier molecular flexibility index (Phi) is 3.39. The average Bonchev–Trinajstić information content (AvgIpc) is 2.47. The molecule has 0 aliphatic carbocycles. The van der Waals surface area contributed by atoms with Crippen LogP contribution in [0.3, 0.4) is 0 Å². The van der Waals surface area contributed by atoms with E-state index in [-0.39, 0.29) is 17.5 Å². The summed E-state index contributed by atoms with van der Waals surface area (Å²) in [6, 6.07) is 0.369. The molecular weight excluding hydrogens is 184 g/mol. The molecule has 1 rings (SSSR count). The quantitative estimate of drug-likeness (QED) is 0.730. The van der Waals surface area contributed by atoms with Crippen LogP contribution < -0.4 is 0 Å². The molecule has 1 heterocycles. The molecule has 1 N–H and O–H groups in total. The topological polar surface area (TPSA) is 38.0 Å². The summed E-state index contributed by atoms with van der Waals surface area (Å²) in [5.74, 6) is 0. The van der Waals surface area contributed by atoms with Gasteiger partial charge >= 0.3 is 0 Å². The molecule has 76 valence electrons. The number of hydrogen-bond donors (Lipinski definition) is 2. The molecule has 1 aromatic heterocycles. The first kappa shape index (κ1) is 10.6. The van der Waals surface area contributed by atoms with E-state index in [9.17, 15) is 0 Å². The van der Waals surface area contributed by atoms with Gasteiger partial charge in [0.1, 0.15) is 5.03 Å². The molecular formula is C9H18N2OS. The average molecular weight is 202 g/mol. The maximum absolute atomic E-state index is 9.12. The summed E-state index contributed by atoms with van der Waals surface area (Å²) in [5, 5.41) is 14.7. The first-order chi connectivity index (χ1) is 6.06. The Morgan fingerprint density at radius 1 is 1.54 bits per heavy atom. The Labute approximate surface area is 82.1 Å². The van der Waals surface area contributed by atoms with Crippen LogP contribution in [0.2, 0.25) is 0 Å². The highest BCUT2D eigenvalue weighted by atomic mass is 32.2. The molecule has 0 amide bonds. The summed E-state index contributed by atoms with van der Waals surface area (Å²) in [6.07, 6.45) is 6.26. The van der Waals surface area contributed by atoms with Crippen molar-refractivity contribution in [3.63, 3.8) is 0 Å². The summed E-state index contributed by atoms with van der Waals surface area (Å²) in [6.45, 7) is 4.28. The van der Waals surface area contributed by atoms with Gasteiger partial charge in [-0.2, -0.15) is 5.10 Å². The lowest BCUT2D eigenvalue weighted by molar-refractivity contribution is 0.278. The molecule has 0 bridgehead atoms. The van der Waals surface area contributed by atoms with E-state index in [0.717, 1.165) is 10.6 Å². The van der Waals surface area contributed by atoms with Crippen molar-refractivity contribution in [1.29, 1.82) is 0 Å². The van der Waals surface area contributed by atoms with E-state index in [0.29, 0.717) is 6.04 Å². The van der Waals surface area contributed by atoms with Gasteiger partial charge in [0.15, 0.2) is 0 Å². The van der Waals surface area contributed by atoms with Crippen molar-refractivity contribution in [3.8, 4) is 0 Å². The molecule has 0 atom stereocenters. The van der Waals surface area contributed by atoms with Crippen LogP contribution in [0.1, 0.15) is 25.5 Å². The molecule has 4 heteroatoms. The van der Waals surface area contributed by atoms with Crippen LogP contribution in [-0.2, 0) is 6.61 Å². The van der Waals surface area contributed by atoms with Gasteiger partial charge in [-0.25, -0.2) is 10.9 Å². The van der Waals surface area contributed by atoms with E-state index in [1.807, 2.05) is 10.9 Å². The maximum Gasteiger partial charge on any atom is 0.104 e. The van der Waals surface area contributed by atoms with Crippen LogP contribution in [0.25, 0.3) is 0 Å². The lowest BCUT2D eigenvalue weighted by Crippen LogP contribution is -2.00. The minimum Gasteiger partial charge on any atom is -0.392 e. The van der Waals surface area contributed by atoms with Crippen LogP contribution in [0.5, 0.6) is 0 Å². The van der Waals surface area contributed by atoms with Crippen molar-refractivity contribution >= 4 is 10.9 Å². The second-order valence-electron chi connectivity index (χ2n) is 3.60. The van der Waals surface area contributed by atoms with E-state index in [1.54, 1.807) is 0 Å². The van der Waals surface area contributed by atoms with Crippen LogP contribution >= 0.6 is 10.9 Å². The van der Waals surface area contributed by atoms with Crippen molar-refractivity contribution < 1.29 is 5.11 Å². The van der Waals surface area contributed by atoms with Gasteiger partial charge in [-0.1, -0.05) is 0 Å². The highest BCUT2D eigenvalue weighted by Crippen LogP contribution is 2.30. The molecule has 0 spiro atoms. The van der Waals surface area contributed by atoms with Crippen LogP contribution in [0.4, 0.5) is 0 Å². The molecule has 0 radical (unpaired) electrons. The third-order valence-electron chi connectivity index (χ3n) is 1.91. The standard InChI is InChI=1S/C9H18N2OS/c1-7(2)11-5-8(6-12)9(10-11)13(3)4/h5,7,12-13H,6H2,1-4H3. The predicted octanol–water partition coefficient (Wildman–Crippen LogP) is 1.58. The fraction of sp³-hybridized carbons (Fsp3) is 0.667. The smallest absolute Gasteiger partial charge is 0.104 e. The molecule has 1 aromatic rings. The molecule has 0 aliphatic rings. The number of hydrogen-bond acceptors (Lipinski definition) is 2. The van der Waals surface area contributed by atoms with Crippen molar-refractivity contribution in [3.05, 3.63) is 11.8 Å². The lowest BCUT2D eigenvalue weighted by atomic mass is 10.4. The second-order valence-corrected chi connectivity index (χ2v) is 5.82. The van der Waals surface area contributed by atoms with Gasteiger partial charge in [0.25, 0.3) is 0 Å². The van der Waals surface area contributed by atoms with E-state index >= 15 is 0 Å². The summed E-state index contributed by atoms with van der Waals surface area (Å²) in [4.78, 5) is 0. The highest BCUT2D eigenvalue weighted by molar-refractivity contribution is 8.15. The van der Waals surface area contributed by atoms with Crippen molar-refractivity contribution in [2.24, 2.45) is 0 Å². The van der Waals surface area contributed by atoms with Gasteiger partial charge in [-0.15, -0.1) is 0 Å². The Balaban J connectivity index is 3.04. The van der Waals surface area contributed by atoms with Gasteiger partial charge in [0.2, 0.25) is 0 Å². The number of rotatable bonds is 3. The van der Waals surface area contributed by atoms with Crippen molar-refractivity contribution in [1.82, 2.24) is 9.78 Å². The minimum absolute atomic E-state index is 0.0998. The molecule has 13 heavy (non-hydrogen) atoms. The van der Waals surface area contributed by atoms with Crippen LogP contribution in [0.15, 0.2) is 11.2 Å². The zero-order valence-corrected chi connectivity index (χ0v) is 9.55. The van der Waals surface area contributed by atoms with Crippen LogP contribution in [0, 0.1) is 0 Å². The zero-order valence-electron chi connectivity index (χ0n) is 8.65. The maximum atomic E-state index is 9.12. The molecule has 0 unspecified atom stereocenters. The lowest BCUT2D eigenvalue weighted by Gasteiger charge is -2.07. The monoisotopic (exact) mass is 202 g/mol. The Hall–Kier alpha value is -0.480. The van der Waals surface area contributed by atoms with E-state index < -0.39 is 0 Å². The largest absolute Gasteiger partial charge is 0.392 e. The number of thiol groups is 1. The van der Waals surface area contributed by atoms with Crippen molar-refractivity contribution in [2.75, 3.05) is 12.5 Å². The zero-order chi connectivity index (χ0) is 10.0. The molecule has 0 aromatic carbocycles. The number of aromatic nitrogens is 2. The highest BCUT2D eigenvalue weighted by Gasteiger charge is 2.10. The first-order valence-electron chi connectivity index (χ1n) is 4.42. The normalized spacial score (nSPS) is 12.3. The third-order valence-corrected chi connectivity index (χ3v) is 3.13. The van der Waals surface area contributed by atoms with Crippen LogP contribution in [-0.4, -0.2) is 27.4 Å². The SMILES string of the molecule is CC(C)n1cc(CO)c([SH](C)C)n1. The predicted molar refractivity (Wildman–Crippen MR) is 57.6 cm³/mol. The number of aliphatic hydroxyl groups is 1. The second kappa shape index (κ2) is 4.15. The molecule has 0 saturated carbocycles. The third kappa shape index (κ3) is 2.25. The fourth-order valence-electron chi connectivity index (χ4n) is 1.17. The van der Waals surface area contributed by atoms with Crippen molar-refractivity contribution in [2.45, 2.75) is 31.5 Å². The van der Waals surface area contributed by atoms with Gasteiger partial charge in [0, 0.05) is 17.8 Å². The Bertz CT molecular complexity index is 281. The summed E-state index contributed by atoms with van der Waals surface area (Å²) >= 11 is 0. The number of aliphatic hydroxyl groups excluding tert-OH is 1. The summed E-state index contributed by atoms with van der Waals surface area (Å²) in [5.41, 5.74) is 0.977. The summed E-state index contributed by atoms with van der Waals surface area (Å²) < 4.78 is 1.92. The summed E-state index contributed by atoms with van der Waals surface area (Å²) in [7, 11) is -0.218. The van der Waals surface area contributed by atoms with E-state index in [2.05, 4.69) is 31.5 Å². The van der Waals surface area contributed by atoms with Gasteiger partial charge in [-0.05, 0) is 26.4 Å². The molecule has 0 saturated heterocycles. The van der Waals surface area contributed by atoms with Gasteiger partial charge in [0.05, 0.1) is 6.61 Å². The number of nitrogens with zero attached hydrogens (tertiary/aromatic N) is 2. The fourth-order valence-corrected chi connectivity index (χ4v) is 2.16. The molecule has 0 fully saturated rings. The minimum atomic E-state index is -0.218. The first-order valence-corrected chi connectivity index (χ1v) is 6.66. The van der Waals surface area contributed by atoms with E-state index in [1.165, 1.54) is 0 Å².